The summed E-state index contributed by atoms with van der Waals surface area (Å²) in [5.41, 5.74) is 0. The molecule has 1 amide bonds. The number of ether oxygens (including phenoxy) is 1. The lowest BCUT2D eigenvalue weighted by Gasteiger charge is -2.34. The van der Waals surface area contributed by atoms with Crippen LogP contribution in [0.15, 0.2) is 0 Å². The van der Waals surface area contributed by atoms with E-state index in [2.05, 4.69) is 5.32 Å². The van der Waals surface area contributed by atoms with Gasteiger partial charge in [-0.15, -0.1) is 0 Å². The van der Waals surface area contributed by atoms with Crippen LogP contribution in [0.25, 0.3) is 0 Å². The van der Waals surface area contributed by atoms with E-state index in [1.165, 1.54) is 4.90 Å². The molecule has 2 fully saturated rings. The van der Waals surface area contributed by atoms with Crippen molar-refractivity contribution in [1.82, 2.24) is 10.2 Å². The van der Waals surface area contributed by atoms with E-state index < -0.39 is 18.1 Å². The lowest BCUT2D eigenvalue weighted by molar-refractivity contribution is -0.156. The molecular formula is C11H18N2O4. The van der Waals surface area contributed by atoms with Crippen molar-refractivity contribution in [3.63, 3.8) is 0 Å². The van der Waals surface area contributed by atoms with Crippen LogP contribution in [0.4, 0.5) is 0 Å². The molecule has 2 heterocycles. The highest BCUT2D eigenvalue weighted by Gasteiger charge is 2.38. The fourth-order valence-corrected chi connectivity index (χ4v) is 2.36. The largest absolute Gasteiger partial charge is 0.480 e. The summed E-state index contributed by atoms with van der Waals surface area (Å²) >= 11 is 0. The maximum Gasteiger partial charge on any atom is 0.327 e. The van der Waals surface area contributed by atoms with Gasteiger partial charge in [0.25, 0.3) is 5.91 Å². The van der Waals surface area contributed by atoms with E-state index >= 15 is 0 Å². The highest BCUT2D eigenvalue weighted by Crippen LogP contribution is 2.22. The van der Waals surface area contributed by atoms with Crippen LogP contribution in [0.2, 0.25) is 0 Å². The van der Waals surface area contributed by atoms with E-state index in [9.17, 15) is 9.59 Å². The molecule has 0 aromatic rings. The number of amides is 1. The van der Waals surface area contributed by atoms with Gasteiger partial charge in [-0.05, 0) is 19.8 Å². The van der Waals surface area contributed by atoms with Gasteiger partial charge in [0.2, 0.25) is 0 Å². The molecule has 2 rings (SSSR count). The number of hydrogen-bond donors (Lipinski definition) is 2. The summed E-state index contributed by atoms with van der Waals surface area (Å²) in [6.45, 7) is 3.31. The smallest absolute Gasteiger partial charge is 0.327 e. The predicted molar refractivity (Wildman–Crippen MR) is 59.6 cm³/mol. The summed E-state index contributed by atoms with van der Waals surface area (Å²) in [5, 5.41) is 12.1. The molecule has 0 aromatic heterocycles. The Hall–Kier alpha value is -1.14. The van der Waals surface area contributed by atoms with Crippen LogP contribution in [0, 0.1) is 0 Å². The van der Waals surface area contributed by atoms with Crippen molar-refractivity contribution in [1.29, 1.82) is 0 Å². The fourth-order valence-electron chi connectivity index (χ4n) is 2.36. The number of carboxylic acid groups (broad SMARTS) is 1. The van der Waals surface area contributed by atoms with Crippen LogP contribution in [0.3, 0.4) is 0 Å². The zero-order chi connectivity index (χ0) is 12.4. The lowest BCUT2D eigenvalue weighted by Crippen LogP contribution is -2.59. The molecule has 2 aliphatic rings. The minimum Gasteiger partial charge on any atom is -0.480 e. The molecule has 0 saturated carbocycles. The van der Waals surface area contributed by atoms with Gasteiger partial charge in [-0.25, -0.2) is 4.79 Å². The number of carbonyl (C=O) groups excluding carboxylic acids is 1. The van der Waals surface area contributed by atoms with Gasteiger partial charge in [0, 0.05) is 19.6 Å². The van der Waals surface area contributed by atoms with Crippen LogP contribution < -0.4 is 5.32 Å². The van der Waals surface area contributed by atoms with Gasteiger partial charge >= 0.3 is 5.97 Å². The Morgan fingerprint density at radius 1 is 1.41 bits per heavy atom. The molecule has 17 heavy (non-hydrogen) atoms. The average molecular weight is 242 g/mol. The molecular weight excluding hydrogens is 224 g/mol. The molecule has 0 bridgehead atoms. The van der Waals surface area contributed by atoms with Crippen molar-refractivity contribution in [3.05, 3.63) is 0 Å². The SMILES string of the molecule is CC1CCC(C(=O)N2CCNCC2C(=O)O)O1. The minimum atomic E-state index is -0.961. The van der Waals surface area contributed by atoms with Crippen LogP contribution in [-0.4, -0.2) is 59.8 Å². The Morgan fingerprint density at radius 3 is 2.76 bits per heavy atom. The van der Waals surface area contributed by atoms with Crippen LogP contribution in [-0.2, 0) is 14.3 Å². The zero-order valence-corrected chi connectivity index (χ0v) is 9.89. The molecule has 6 heteroatoms. The minimum absolute atomic E-state index is 0.0927. The van der Waals surface area contributed by atoms with Crippen molar-refractivity contribution in [2.75, 3.05) is 19.6 Å². The van der Waals surface area contributed by atoms with E-state index in [1.54, 1.807) is 0 Å². The standard InChI is InChI=1S/C11H18N2O4/c1-7-2-3-9(17-7)10(14)13-5-4-12-6-8(13)11(15)16/h7-9,12H,2-6H2,1H3,(H,15,16). The van der Waals surface area contributed by atoms with E-state index in [0.29, 0.717) is 26.1 Å². The fraction of sp³-hybridized carbons (Fsp3) is 0.818. The lowest BCUT2D eigenvalue weighted by atomic mass is 10.1. The van der Waals surface area contributed by atoms with E-state index in [4.69, 9.17) is 9.84 Å². The number of nitrogens with one attached hydrogen (secondary N) is 1. The molecule has 0 aliphatic carbocycles. The molecule has 2 saturated heterocycles. The van der Waals surface area contributed by atoms with Gasteiger partial charge in [-0.1, -0.05) is 0 Å². The van der Waals surface area contributed by atoms with Gasteiger partial charge < -0.3 is 20.1 Å². The Balaban J connectivity index is 2.03. The second-order valence-electron chi connectivity index (χ2n) is 4.60. The topological polar surface area (TPSA) is 78.9 Å². The first-order chi connectivity index (χ1) is 8.09. The van der Waals surface area contributed by atoms with Crippen molar-refractivity contribution in [3.8, 4) is 0 Å². The van der Waals surface area contributed by atoms with Crippen molar-refractivity contribution < 1.29 is 19.4 Å². The Bertz CT molecular complexity index is 321. The third kappa shape index (κ3) is 2.58. The quantitative estimate of drug-likeness (QED) is 0.678. The summed E-state index contributed by atoms with van der Waals surface area (Å²) in [7, 11) is 0. The molecule has 6 nitrogen and oxygen atoms in total. The number of carboxylic acids is 1. The molecule has 0 aromatic carbocycles. The maximum absolute atomic E-state index is 12.2. The second kappa shape index (κ2) is 5.01. The molecule has 0 radical (unpaired) electrons. The van der Waals surface area contributed by atoms with E-state index in [1.807, 2.05) is 6.92 Å². The van der Waals surface area contributed by atoms with Gasteiger partial charge in [-0.2, -0.15) is 0 Å². The first-order valence-electron chi connectivity index (χ1n) is 5.99. The van der Waals surface area contributed by atoms with Crippen molar-refractivity contribution >= 4 is 11.9 Å². The van der Waals surface area contributed by atoms with E-state index in [0.717, 1.165) is 6.42 Å². The predicted octanol–water partition coefficient (Wildman–Crippen LogP) is -0.561. The monoisotopic (exact) mass is 242 g/mol. The van der Waals surface area contributed by atoms with Crippen LogP contribution >= 0.6 is 0 Å². The zero-order valence-electron chi connectivity index (χ0n) is 9.89. The average Bonchev–Trinajstić information content (AvgIpc) is 2.75. The third-order valence-electron chi connectivity index (χ3n) is 3.32. The number of piperazine rings is 1. The Kier molecular flexibility index (Phi) is 3.63. The summed E-state index contributed by atoms with van der Waals surface area (Å²) in [6, 6.07) is -0.768. The molecule has 2 N–H and O–H groups in total. The number of nitrogens with zero attached hydrogens (tertiary/aromatic N) is 1. The Labute approximate surface area is 99.9 Å². The van der Waals surface area contributed by atoms with Gasteiger partial charge in [-0.3, -0.25) is 4.79 Å². The van der Waals surface area contributed by atoms with Gasteiger partial charge in [0.1, 0.15) is 12.1 Å². The second-order valence-corrected chi connectivity index (χ2v) is 4.60. The molecule has 96 valence electrons. The number of aliphatic carboxylic acids is 1. The highest BCUT2D eigenvalue weighted by molar-refractivity contribution is 5.87. The first kappa shape index (κ1) is 12.3. The third-order valence-corrected chi connectivity index (χ3v) is 3.32. The number of rotatable bonds is 2. The number of carbonyl (C=O) groups is 2. The summed E-state index contributed by atoms with van der Waals surface area (Å²) in [6.07, 6.45) is 1.19. The molecule has 2 aliphatic heterocycles. The first-order valence-corrected chi connectivity index (χ1v) is 5.99. The van der Waals surface area contributed by atoms with Crippen LogP contribution in [0.1, 0.15) is 19.8 Å². The molecule has 3 atom stereocenters. The van der Waals surface area contributed by atoms with E-state index in [-0.39, 0.29) is 12.0 Å². The van der Waals surface area contributed by atoms with Crippen LogP contribution in [0.5, 0.6) is 0 Å². The molecule has 0 spiro atoms. The normalized spacial score (nSPS) is 33.7. The molecule has 3 unspecified atom stereocenters. The van der Waals surface area contributed by atoms with Gasteiger partial charge in [0.15, 0.2) is 0 Å². The summed E-state index contributed by atoms with van der Waals surface area (Å²) in [4.78, 5) is 24.7. The van der Waals surface area contributed by atoms with Gasteiger partial charge in [0.05, 0.1) is 6.10 Å². The van der Waals surface area contributed by atoms with Crippen molar-refractivity contribution in [2.24, 2.45) is 0 Å². The van der Waals surface area contributed by atoms with Crippen molar-refractivity contribution in [2.45, 2.75) is 38.0 Å². The number of hydrogen-bond acceptors (Lipinski definition) is 4. The maximum atomic E-state index is 12.2. The Morgan fingerprint density at radius 2 is 2.18 bits per heavy atom. The highest BCUT2D eigenvalue weighted by atomic mass is 16.5. The summed E-state index contributed by atoms with van der Waals surface area (Å²) in [5.74, 6) is -1.14. The summed E-state index contributed by atoms with van der Waals surface area (Å²) < 4.78 is 5.50.